The lowest BCUT2D eigenvalue weighted by Crippen LogP contribution is -2.11. The zero-order valence-electron chi connectivity index (χ0n) is 6.25. The number of hydrogen-bond donors (Lipinski definition) is 0. The van der Waals surface area contributed by atoms with Gasteiger partial charge in [0.2, 0.25) is 0 Å². The molecule has 5 heteroatoms. The van der Waals surface area contributed by atoms with Crippen LogP contribution >= 0.6 is 0 Å². The van der Waals surface area contributed by atoms with Crippen LogP contribution in [0.5, 0.6) is 0 Å². The molecule has 0 aliphatic heterocycles. The third-order valence-electron chi connectivity index (χ3n) is 1.39. The van der Waals surface area contributed by atoms with Crippen LogP contribution in [0.1, 0.15) is 11.1 Å². The van der Waals surface area contributed by atoms with Crippen LogP contribution in [-0.4, -0.2) is 0 Å². The average molecular weight is 195 g/mol. The molecule has 0 N–H and O–H groups in total. The zero-order valence-corrected chi connectivity index (χ0v) is 6.25. The minimum absolute atomic E-state index is 0.136. The van der Waals surface area contributed by atoms with Crippen molar-refractivity contribution in [3.05, 3.63) is 41.8 Å². The van der Waals surface area contributed by atoms with Gasteiger partial charge in [-0.25, -0.2) is 8.78 Å². The predicted octanol–water partition coefficient (Wildman–Crippen LogP) is 3.17. The summed E-state index contributed by atoms with van der Waals surface area (Å²) < 4.78 is 61.0. The van der Waals surface area contributed by atoms with Crippen LogP contribution in [0.25, 0.3) is 0 Å². The molecule has 0 heterocycles. The molecule has 0 aromatic heterocycles. The highest BCUT2D eigenvalue weighted by Gasteiger charge is 2.37. The lowest BCUT2D eigenvalue weighted by Gasteiger charge is -2.09. The largest absolute Gasteiger partial charge is 0.422 e. The van der Waals surface area contributed by atoms with Crippen molar-refractivity contribution in [1.29, 1.82) is 0 Å². The first kappa shape index (κ1) is 9.95. The number of alkyl halides is 3. The molecule has 0 aliphatic carbocycles. The van der Waals surface area contributed by atoms with Crippen LogP contribution in [0.15, 0.2) is 12.1 Å². The molecule has 0 atom stereocenters. The molecule has 0 saturated heterocycles. The zero-order chi connectivity index (χ0) is 10.2. The minimum atomic E-state index is -5.01. The molecular weight excluding hydrogens is 191 g/mol. The molecule has 0 amide bonds. The number of halogens is 5. The topological polar surface area (TPSA) is 0 Å². The van der Waals surface area contributed by atoms with Crippen molar-refractivity contribution in [2.24, 2.45) is 0 Å². The number of rotatable bonds is 0. The van der Waals surface area contributed by atoms with E-state index in [-0.39, 0.29) is 5.56 Å². The maximum Gasteiger partial charge on any atom is 0.422 e. The second-order valence-corrected chi connectivity index (χ2v) is 2.43. The fraction of sp³-hybridized carbons (Fsp3) is 0.125. The Morgan fingerprint density at radius 2 is 1.38 bits per heavy atom. The van der Waals surface area contributed by atoms with Gasteiger partial charge in [-0.3, -0.25) is 0 Å². The molecule has 0 aliphatic rings. The smallest absolute Gasteiger partial charge is 0.206 e. The molecule has 0 bridgehead atoms. The van der Waals surface area contributed by atoms with Crippen LogP contribution in [0, 0.1) is 18.6 Å². The summed E-state index contributed by atoms with van der Waals surface area (Å²) in [6, 6.07) is 1.07. The monoisotopic (exact) mass is 195 g/mol. The van der Waals surface area contributed by atoms with E-state index in [1.165, 1.54) is 0 Å². The van der Waals surface area contributed by atoms with E-state index in [0.717, 1.165) is 0 Å². The van der Waals surface area contributed by atoms with Gasteiger partial charge in [0, 0.05) is 0 Å². The number of benzene rings is 1. The van der Waals surface area contributed by atoms with Gasteiger partial charge in [0.15, 0.2) is 0 Å². The summed E-state index contributed by atoms with van der Waals surface area (Å²) in [6.07, 6.45) is -5.01. The fourth-order valence-electron chi connectivity index (χ4n) is 0.896. The lowest BCUT2D eigenvalue weighted by molar-refractivity contribution is -0.142. The first-order chi connectivity index (χ1) is 5.82. The van der Waals surface area contributed by atoms with Crippen molar-refractivity contribution in [2.45, 2.75) is 6.18 Å². The highest BCUT2D eigenvalue weighted by molar-refractivity contribution is 5.29. The Morgan fingerprint density at radius 1 is 1.00 bits per heavy atom. The minimum Gasteiger partial charge on any atom is -0.206 e. The molecule has 1 rings (SSSR count). The van der Waals surface area contributed by atoms with Crippen LogP contribution in [0.2, 0.25) is 0 Å². The van der Waals surface area contributed by atoms with Crippen molar-refractivity contribution in [1.82, 2.24) is 0 Å². The Hall–Kier alpha value is -1.13. The summed E-state index contributed by atoms with van der Waals surface area (Å²) in [5.74, 6) is -3.28. The Labute approximate surface area is 71.0 Å². The van der Waals surface area contributed by atoms with E-state index in [4.69, 9.17) is 0 Å². The summed E-state index contributed by atoms with van der Waals surface area (Å²) in [7, 11) is 0. The molecule has 0 unspecified atom stereocenters. The van der Waals surface area contributed by atoms with Crippen LogP contribution in [-0.2, 0) is 6.18 Å². The van der Waals surface area contributed by atoms with Crippen LogP contribution < -0.4 is 0 Å². The maximum absolute atomic E-state index is 12.6. The van der Waals surface area contributed by atoms with Crippen LogP contribution in [0.3, 0.4) is 0 Å². The van der Waals surface area contributed by atoms with Gasteiger partial charge >= 0.3 is 6.18 Å². The van der Waals surface area contributed by atoms with E-state index < -0.39 is 23.4 Å². The van der Waals surface area contributed by atoms with Gasteiger partial charge in [-0.15, -0.1) is 0 Å². The maximum atomic E-state index is 12.6. The first-order valence-electron chi connectivity index (χ1n) is 3.20. The molecule has 1 aromatic rings. The normalized spacial score (nSPS) is 11.8. The van der Waals surface area contributed by atoms with Gasteiger partial charge in [-0.2, -0.15) is 13.2 Å². The fourth-order valence-corrected chi connectivity index (χ4v) is 0.896. The molecule has 0 saturated carbocycles. The second kappa shape index (κ2) is 2.97. The van der Waals surface area contributed by atoms with Gasteiger partial charge in [-0.05, 0) is 24.6 Å². The van der Waals surface area contributed by atoms with Crippen molar-refractivity contribution in [3.63, 3.8) is 0 Å². The standard InChI is InChI=1S/C8H4F5/c1-4-2-5(9)7(6(10)3-4)8(11,12)13/h2-3H,1H2. The quantitative estimate of drug-likeness (QED) is 0.558. The summed E-state index contributed by atoms with van der Waals surface area (Å²) in [5.41, 5.74) is -2.01. The predicted molar refractivity (Wildman–Crippen MR) is 35.8 cm³/mol. The van der Waals surface area contributed by atoms with Crippen molar-refractivity contribution < 1.29 is 22.0 Å². The highest BCUT2D eigenvalue weighted by atomic mass is 19.4. The SMILES string of the molecule is [CH2]c1cc(F)c(C(F)(F)F)c(F)c1. The third-order valence-corrected chi connectivity index (χ3v) is 1.39. The van der Waals surface area contributed by atoms with Crippen molar-refractivity contribution in [2.75, 3.05) is 0 Å². The van der Waals surface area contributed by atoms with Gasteiger partial charge in [-0.1, -0.05) is 0 Å². The molecule has 13 heavy (non-hydrogen) atoms. The lowest BCUT2D eigenvalue weighted by atomic mass is 10.1. The Balaban J connectivity index is 3.38. The van der Waals surface area contributed by atoms with Crippen LogP contribution in [0.4, 0.5) is 22.0 Å². The second-order valence-electron chi connectivity index (χ2n) is 2.43. The first-order valence-corrected chi connectivity index (χ1v) is 3.20. The molecular formula is C8H4F5. The Bertz CT molecular complexity index is 303. The van der Waals surface area contributed by atoms with Crippen molar-refractivity contribution >= 4 is 0 Å². The average Bonchev–Trinajstić information content (AvgIpc) is 1.78. The van der Waals surface area contributed by atoms with Gasteiger partial charge in [0.1, 0.15) is 17.2 Å². The third kappa shape index (κ3) is 1.96. The van der Waals surface area contributed by atoms with Crippen molar-refractivity contribution in [3.8, 4) is 0 Å². The molecule has 1 aromatic carbocycles. The van der Waals surface area contributed by atoms with E-state index in [9.17, 15) is 22.0 Å². The molecule has 71 valence electrons. The highest BCUT2D eigenvalue weighted by Crippen LogP contribution is 2.33. The van der Waals surface area contributed by atoms with E-state index in [2.05, 4.69) is 6.92 Å². The number of hydrogen-bond acceptors (Lipinski definition) is 0. The molecule has 0 nitrogen and oxygen atoms in total. The van der Waals surface area contributed by atoms with Gasteiger partial charge in [0.05, 0.1) is 0 Å². The van der Waals surface area contributed by atoms with E-state index in [1.807, 2.05) is 0 Å². The molecule has 1 radical (unpaired) electrons. The molecule has 0 fully saturated rings. The Kier molecular flexibility index (Phi) is 2.28. The summed E-state index contributed by atoms with van der Waals surface area (Å²) in [6.45, 7) is 3.12. The van der Waals surface area contributed by atoms with E-state index >= 15 is 0 Å². The summed E-state index contributed by atoms with van der Waals surface area (Å²) in [5, 5.41) is 0. The van der Waals surface area contributed by atoms with E-state index in [0.29, 0.717) is 12.1 Å². The van der Waals surface area contributed by atoms with E-state index in [1.54, 1.807) is 0 Å². The van der Waals surface area contributed by atoms with Gasteiger partial charge < -0.3 is 0 Å². The summed E-state index contributed by atoms with van der Waals surface area (Å²) in [4.78, 5) is 0. The molecule has 0 spiro atoms. The Morgan fingerprint density at radius 3 is 1.69 bits per heavy atom. The summed E-state index contributed by atoms with van der Waals surface area (Å²) >= 11 is 0. The van der Waals surface area contributed by atoms with Gasteiger partial charge in [0.25, 0.3) is 0 Å².